The first-order valence-electron chi connectivity index (χ1n) is 5.53. The molecule has 4 heteroatoms. The van der Waals surface area contributed by atoms with Crippen LogP contribution < -0.4 is 0 Å². The third-order valence-electron chi connectivity index (χ3n) is 2.58. The Hall–Kier alpha value is -1.13. The van der Waals surface area contributed by atoms with E-state index >= 15 is 0 Å². The lowest BCUT2D eigenvalue weighted by atomic mass is 10.2. The second kappa shape index (κ2) is 6.45. The summed E-state index contributed by atoms with van der Waals surface area (Å²) in [5.41, 5.74) is 0.776. The zero-order valence-electron chi connectivity index (χ0n) is 10.3. The fourth-order valence-corrected chi connectivity index (χ4v) is 1.53. The molecule has 0 spiro atoms. The Morgan fingerprint density at radius 3 is 2.81 bits per heavy atom. The van der Waals surface area contributed by atoms with Crippen molar-refractivity contribution in [2.45, 2.75) is 6.92 Å². The van der Waals surface area contributed by atoms with Crippen LogP contribution in [-0.2, 0) is 11.8 Å². The Balaban J connectivity index is 2.48. The molecular weight excluding hydrogens is 204 g/mol. The Morgan fingerprint density at radius 2 is 2.31 bits per heavy atom. The van der Waals surface area contributed by atoms with Gasteiger partial charge in [0.1, 0.15) is 0 Å². The molecule has 1 aromatic rings. The molecule has 4 nitrogen and oxygen atoms in total. The van der Waals surface area contributed by atoms with E-state index in [2.05, 4.69) is 4.90 Å². The van der Waals surface area contributed by atoms with Crippen LogP contribution in [0.15, 0.2) is 18.5 Å². The van der Waals surface area contributed by atoms with Gasteiger partial charge in [-0.05, 0) is 12.6 Å². The maximum atomic E-state index is 11.9. The molecule has 0 aromatic carbocycles. The number of Topliss-reactive ketones (excluding diaryl/α,β-unsaturated/α-hetero) is 1. The summed E-state index contributed by atoms with van der Waals surface area (Å²) < 4.78 is 6.90. The van der Waals surface area contributed by atoms with Gasteiger partial charge in [-0.2, -0.15) is 0 Å². The topological polar surface area (TPSA) is 34.5 Å². The maximum Gasteiger partial charge on any atom is 0.178 e. The number of aromatic nitrogens is 1. The minimum absolute atomic E-state index is 0.165. The van der Waals surface area contributed by atoms with E-state index in [-0.39, 0.29) is 5.78 Å². The van der Waals surface area contributed by atoms with Crippen molar-refractivity contribution < 1.29 is 9.53 Å². The average Bonchev–Trinajstić information content (AvgIpc) is 2.70. The van der Waals surface area contributed by atoms with Crippen LogP contribution in [0.1, 0.15) is 17.3 Å². The summed E-state index contributed by atoms with van der Waals surface area (Å²) in [5, 5.41) is 0. The van der Waals surface area contributed by atoms with Crippen LogP contribution in [0.2, 0.25) is 0 Å². The predicted molar refractivity (Wildman–Crippen MR) is 63.7 cm³/mol. The highest BCUT2D eigenvalue weighted by molar-refractivity contribution is 5.97. The highest BCUT2D eigenvalue weighted by atomic mass is 16.5. The molecule has 1 heterocycles. The van der Waals surface area contributed by atoms with Gasteiger partial charge in [0, 0.05) is 38.7 Å². The van der Waals surface area contributed by atoms with Crippen LogP contribution in [0, 0.1) is 0 Å². The number of carbonyl (C=O) groups excluding carboxylic acids is 1. The van der Waals surface area contributed by atoms with Gasteiger partial charge in [0.15, 0.2) is 5.78 Å². The van der Waals surface area contributed by atoms with Crippen LogP contribution in [-0.4, -0.2) is 48.6 Å². The minimum atomic E-state index is 0.165. The van der Waals surface area contributed by atoms with Crippen LogP contribution in [0.4, 0.5) is 0 Å². The Bertz CT molecular complexity index is 334. The highest BCUT2D eigenvalue weighted by Crippen LogP contribution is 2.02. The first kappa shape index (κ1) is 12.9. The number of aryl methyl sites for hydroxylation is 1. The molecule has 0 unspecified atom stereocenters. The molecule has 0 aliphatic rings. The Labute approximate surface area is 96.8 Å². The van der Waals surface area contributed by atoms with Crippen molar-refractivity contribution in [3.8, 4) is 0 Å². The molecule has 90 valence electrons. The first-order valence-corrected chi connectivity index (χ1v) is 5.53. The first-order chi connectivity index (χ1) is 7.67. The zero-order chi connectivity index (χ0) is 12.0. The fraction of sp³-hybridized carbons (Fsp3) is 0.583. The van der Waals surface area contributed by atoms with Crippen molar-refractivity contribution in [1.82, 2.24) is 9.47 Å². The monoisotopic (exact) mass is 224 g/mol. The summed E-state index contributed by atoms with van der Waals surface area (Å²) in [6, 6.07) is 1.85. The zero-order valence-corrected chi connectivity index (χ0v) is 10.3. The van der Waals surface area contributed by atoms with Crippen molar-refractivity contribution in [2.24, 2.45) is 7.05 Å². The van der Waals surface area contributed by atoms with E-state index in [0.717, 1.165) is 18.7 Å². The standard InChI is InChI=1S/C12H20N2O2/c1-4-14(7-8-16-3)10-12(15)11-5-6-13(2)9-11/h5-6,9H,4,7-8,10H2,1-3H3. The van der Waals surface area contributed by atoms with Gasteiger partial charge in [-0.3, -0.25) is 9.69 Å². The summed E-state index contributed by atoms with van der Waals surface area (Å²) >= 11 is 0. The predicted octanol–water partition coefficient (Wildman–Crippen LogP) is 1.18. The number of hydrogen-bond acceptors (Lipinski definition) is 3. The molecule has 0 fully saturated rings. The van der Waals surface area contributed by atoms with Gasteiger partial charge < -0.3 is 9.30 Å². The Kier molecular flexibility index (Phi) is 5.22. The lowest BCUT2D eigenvalue weighted by Gasteiger charge is -2.18. The summed E-state index contributed by atoms with van der Waals surface area (Å²) in [6.45, 7) is 4.83. The fourth-order valence-electron chi connectivity index (χ4n) is 1.53. The molecule has 1 aromatic heterocycles. The highest BCUT2D eigenvalue weighted by Gasteiger charge is 2.11. The molecule has 0 N–H and O–H groups in total. The van der Waals surface area contributed by atoms with E-state index in [4.69, 9.17) is 4.74 Å². The van der Waals surface area contributed by atoms with Gasteiger partial charge in [0.2, 0.25) is 0 Å². The molecule has 0 saturated heterocycles. The molecular formula is C12H20N2O2. The van der Waals surface area contributed by atoms with E-state index < -0.39 is 0 Å². The number of hydrogen-bond donors (Lipinski definition) is 0. The van der Waals surface area contributed by atoms with Crippen molar-refractivity contribution in [3.05, 3.63) is 24.0 Å². The number of rotatable bonds is 7. The van der Waals surface area contributed by atoms with E-state index in [1.807, 2.05) is 37.0 Å². The van der Waals surface area contributed by atoms with Gasteiger partial charge in [-0.15, -0.1) is 0 Å². The molecule has 0 aliphatic heterocycles. The maximum absolute atomic E-state index is 11.9. The van der Waals surface area contributed by atoms with Crippen molar-refractivity contribution >= 4 is 5.78 Å². The van der Waals surface area contributed by atoms with Crippen LogP contribution in [0.3, 0.4) is 0 Å². The van der Waals surface area contributed by atoms with E-state index in [1.54, 1.807) is 7.11 Å². The summed E-state index contributed by atoms with van der Waals surface area (Å²) in [4.78, 5) is 14.0. The summed E-state index contributed by atoms with van der Waals surface area (Å²) in [7, 11) is 3.59. The normalized spacial score (nSPS) is 11.0. The van der Waals surface area contributed by atoms with Gasteiger partial charge in [-0.25, -0.2) is 0 Å². The third kappa shape index (κ3) is 3.79. The summed E-state index contributed by atoms with van der Waals surface area (Å²) in [5.74, 6) is 0.165. The quantitative estimate of drug-likeness (QED) is 0.652. The molecule has 0 bridgehead atoms. The number of ketones is 1. The second-order valence-electron chi connectivity index (χ2n) is 3.85. The van der Waals surface area contributed by atoms with E-state index in [1.165, 1.54) is 0 Å². The smallest absolute Gasteiger partial charge is 0.178 e. The lowest BCUT2D eigenvalue weighted by Crippen LogP contribution is -2.32. The molecule has 0 saturated carbocycles. The van der Waals surface area contributed by atoms with Crippen LogP contribution in [0.5, 0.6) is 0 Å². The van der Waals surface area contributed by atoms with Crippen LogP contribution in [0.25, 0.3) is 0 Å². The number of ether oxygens (including phenoxy) is 1. The Morgan fingerprint density at radius 1 is 1.56 bits per heavy atom. The molecule has 0 atom stereocenters. The van der Waals surface area contributed by atoms with Crippen molar-refractivity contribution in [3.63, 3.8) is 0 Å². The van der Waals surface area contributed by atoms with E-state index in [0.29, 0.717) is 13.2 Å². The number of likely N-dealkylation sites (N-methyl/N-ethyl adjacent to an activating group) is 1. The molecule has 1 rings (SSSR count). The number of carbonyl (C=O) groups is 1. The van der Waals surface area contributed by atoms with Gasteiger partial charge in [0.25, 0.3) is 0 Å². The molecule has 0 radical (unpaired) electrons. The van der Waals surface area contributed by atoms with Crippen LogP contribution >= 0.6 is 0 Å². The average molecular weight is 224 g/mol. The second-order valence-corrected chi connectivity index (χ2v) is 3.85. The SMILES string of the molecule is CCN(CCOC)CC(=O)c1ccn(C)c1. The third-order valence-corrected chi connectivity index (χ3v) is 2.58. The molecule has 0 aliphatic carbocycles. The number of nitrogens with zero attached hydrogens (tertiary/aromatic N) is 2. The van der Waals surface area contributed by atoms with Gasteiger partial charge >= 0.3 is 0 Å². The van der Waals surface area contributed by atoms with Crippen molar-refractivity contribution in [1.29, 1.82) is 0 Å². The number of methoxy groups -OCH3 is 1. The summed E-state index contributed by atoms with van der Waals surface area (Å²) in [6.07, 6.45) is 3.74. The lowest BCUT2D eigenvalue weighted by molar-refractivity contribution is 0.0902. The van der Waals surface area contributed by atoms with Gasteiger partial charge in [-0.1, -0.05) is 6.92 Å². The van der Waals surface area contributed by atoms with Gasteiger partial charge in [0.05, 0.1) is 13.2 Å². The van der Waals surface area contributed by atoms with Crippen molar-refractivity contribution in [2.75, 3.05) is 33.4 Å². The largest absolute Gasteiger partial charge is 0.383 e. The molecule has 16 heavy (non-hydrogen) atoms. The molecule has 0 amide bonds. The van der Waals surface area contributed by atoms with E-state index in [9.17, 15) is 4.79 Å². The minimum Gasteiger partial charge on any atom is -0.383 e.